The number of amides is 1. The number of fused-ring (bicyclic) bond motifs is 2. The number of rotatable bonds is 3. The van der Waals surface area contributed by atoms with Gasteiger partial charge < -0.3 is 15.2 Å². The Morgan fingerprint density at radius 2 is 1.68 bits per heavy atom. The van der Waals surface area contributed by atoms with Crippen molar-refractivity contribution < 1.29 is 19.4 Å². The summed E-state index contributed by atoms with van der Waals surface area (Å²) in [6, 6.07) is 0.207. The molecular weight excluding hydrogens is 246 g/mol. The quantitative estimate of drug-likeness (QED) is 0.749. The number of aliphatic carboxylic acids is 1. The number of ether oxygens (including phenoxy) is 1. The molecule has 104 valence electrons. The van der Waals surface area contributed by atoms with Crippen molar-refractivity contribution in [1.29, 1.82) is 0 Å². The minimum Gasteiger partial charge on any atom is -0.481 e. The fourth-order valence-electron chi connectivity index (χ4n) is 3.46. The van der Waals surface area contributed by atoms with Crippen LogP contribution in [0.15, 0.2) is 12.2 Å². The maximum absolute atomic E-state index is 12.3. The molecule has 0 aromatic rings. The molecule has 19 heavy (non-hydrogen) atoms. The molecule has 2 heterocycles. The van der Waals surface area contributed by atoms with Crippen molar-refractivity contribution >= 4 is 11.9 Å². The highest BCUT2D eigenvalue weighted by Gasteiger charge is 2.53. The topological polar surface area (TPSA) is 75.6 Å². The molecule has 1 saturated carbocycles. The number of carbonyl (C=O) groups excluding carboxylic acids is 1. The Labute approximate surface area is 112 Å². The van der Waals surface area contributed by atoms with Crippen molar-refractivity contribution in [1.82, 2.24) is 5.32 Å². The normalized spacial score (nSPS) is 37.5. The summed E-state index contributed by atoms with van der Waals surface area (Å²) in [6.45, 7) is 0. The van der Waals surface area contributed by atoms with Crippen LogP contribution in [0.2, 0.25) is 0 Å². The molecule has 2 bridgehead atoms. The highest BCUT2D eigenvalue weighted by atomic mass is 16.5. The van der Waals surface area contributed by atoms with Gasteiger partial charge in [0.2, 0.25) is 5.91 Å². The van der Waals surface area contributed by atoms with Gasteiger partial charge >= 0.3 is 5.97 Å². The van der Waals surface area contributed by atoms with Crippen LogP contribution in [0.1, 0.15) is 32.1 Å². The first kappa shape index (κ1) is 12.7. The van der Waals surface area contributed by atoms with Gasteiger partial charge in [0.05, 0.1) is 18.1 Å². The summed E-state index contributed by atoms with van der Waals surface area (Å²) in [5.41, 5.74) is 0. The Hall–Kier alpha value is -1.36. The first-order valence-corrected chi connectivity index (χ1v) is 7.04. The van der Waals surface area contributed by atoms with Crippen LogP contribution < -0.4 is 5.32 Å². The lowest BCUT2D eigenvalue weighted by Crippen LogP contribution is -2.46. The lowest BCUT2D eigenvalue weighted by Gasteiger charge is -2.27. The first-order valence-electron chi connectivity index (χ1n) is 7.04. The smallest absolute Gasteiger partial charge is 0.310 e. The van der Waals surface area contributed by atoms with E-state index in [-0.39, 0.29) is 18.1 Å². The lowest BCUT2D eigenvalue weighted by atomic mass is 9.82. The molecule has 4 atom stereocenters. The third-order valence-corrected chi connectivity index (χ3v) is 4.44. The largest absolute Gasteiger partial charge is 0.481 e. The molecule has 0 unspecified atom stereocenters. The fourth-order valence-corrected chi connectivity index (χ4v) is 3.46. The Morgan fingerprint density at radius 3 is 2.32 bits per heavy atom. The summed E-state index contributed by atoms with van der Waals surface area (Å²) < 4.78 is 5.52. The van der Waals surface area contributed by atoms with Gasteiger partial charge in [0.25, 0.3) is 0 Å². The fraction of sp³-hybridized carbons (Fsp3) is 0.714. The molecule has 1 amide bonds. The molecule has 0 radical (unpaired) electrons. The second-order valence-electron chi connectivity index (χ2n) is 5.68. The van der Waals surface area contributed by atoms with Gasteiger partial charge in [-0.1, -0.05) is 31.4 Å². The van der Waals surface area contributed by atoms with Gasteiger partial charge in [0.1, 0.15) is 5.92 Å². The number of nitrogens with one attached hydrogen (secondary N) is 1. The average molecular weight is 265 g/mol. The van der Waals surface area contributed by atoms with E-state index in [4.69, 9.17) is 4.74 Å². The zero-order chi connectivity index (χ0) is 13.4. The van der Waals surface area contributed by atoms with Crippen molar-refractivity contribution in [3.8, 4) is 0 Å². The minimum absolute atomic E-state index is 0.156. The predicted octanol–water partition coefficient (Wildman–Crippen LogP) is 1.09. The first-order chi connectivity index (χ1) is 9.16. The highest BCUT2D eigenvalue weighted by Crippen LogP contribution is 2.39. The van der Waals surface area contributed by atoms with Crippen LogP contribution in [0.25, 0.3) is 0 Å². The van der Waals surface area contributed by atoms with Crippen LogP contribution in [0.3, 0.4) is 0 Å². The molecule has 2 fully saturated rings. The Bertz CT molecular complexity index is 414. The zero-order valence-corrected chi connectivity index (χ0v) is 10.7. The van der Waals surface area contributed by atoms with Crippen molar-refractivity contribution in [2.24, 2.45) is 11.8 Å². The Kier molecular flexibility index (Phi) is 3.31. The molecular formula is C14H19NO4. The second kappa shape index (κ2) is 4.96. The standard InChI is InChI=1S/C14H19NO4/c16-13(15-8-4-2-1-3-5-8)11-9-6-7-10(19-9)12(11)14(17)18/h6-12H,1-5H2,(H,15,16)(H,17,18)/t9-,10-,11-,12-/m0/s1. The summed E-state index contributed by atoms with van der Waals surface area (Å²) >= 11 is 0. The van der Waals surface area contributed by atoms with Gasteiger partial charge in [0.15, 0.2) is 0 Å². The van der Waals surface area contributed by atoms with Crippen LogP contribution in [0.4, 0.5) is 0 Å². The number of carboxylic acid groups (broad SMARTS) is 1. The van der Waals surface area contributed by atoms with E-state index in [1.54, 1.807) is 6.08 Å². The van der Waals surface area contributed by atoms with Crippen molar-refractivity contribution in [3.63, 3.8) is 0 Å². The van der Waals surface area contributed by atoms with E-state index in [0.717, 1.165) is 25.7 Å². The van der Waals surface area contributed by atoms with Gasteiger partial charge in [-0.05, 0) is 12.8 Å². The molecule has 0 aromatic carbocycles. The Morgan fingerprint density at radius 1 is 1.05 bits per heavy atom. The van der Waals surface area contributed by atoms with Gasteiger partial charge in [-0.15, -0.1) is 0 Å². The molecule has 0 spiro atoms. The monoisotopic (exact) mass is 265 g/mol. The van der Waals surface area contributed by atoms with Crippen LogP contribution in [-0.2, 0) is 14.3 Å². The van der Waals surface area contributed by atoms with Crippen molar-refractivity contribution in [2.75, 3.05) is 0 Å². The number of hydrogen-bond acceptors (Lipinski definition) is 3. The third kappa shape index (κ3) is 2.27. The summed E-state index contributed by atoms with van der Waals surface area (Å²) in [4.78, 5) is 23.6. The maximum atomic E-state index is 12.3. The van der Waals surface area contributed by atoms with E-state index in [1.165, 1.54) is 6.42 Å². The minimum atomic E-state index is -0.944. The molecule has 5 heteroatoms. The molecule has 5 nitrogen and oxygen atoms in total. The van der Waals surface area contributed by atoms with Crippen molar-refractivity contribution in [2.45, 2.75) is 50.4 Å². The molecule has 2 N–H and O–H groups in total. The van der Waals surface area contributed by atoms with Crippen LogP contribution in [0, 0.1) is 11.8 Å². The average Bonchev–Trinajstić information content (AvgIpc) is 2.99. The van der Waals surface area contributed by atoms with Crippen LogP contribution >= 0.6 is 0 Å². The molecule has 3 aliphatic rings. The predicted molar refractivity (Wildman–Crippen MR) is 67.4 cm³/mol. The van der Waals surface area contributed by atoms with E-state index >= 15 is 0 Å². The maximum Gasteiger partial charge on any atom is 0.310 e. The number of hydrogen-bond donors (Lipinski definition) is 2. The number of carbonyl (C=O) groups is 2. The molecule has 1 saturated heterocycles. The zero-order valence-electron chi connectivity index (χ0n) is 10.7. The van der Waals surface area contributed by atoms with E-state index in [1.807, 2.05) is 6.08 Å². The van der Waals surface area contributed by atoms with Crippen LogP contribution in [-0.4, -0.2) is 35.2 Å². The second-order valence-corrected chi connectivity index (χ2v) is 5.68. The highest BCUT2D eigenvalue weighted by molar-refractivity contribution is 5.87. The third-order valence-electron chi connectivity index (χ3n) is 4.44. The van der Waals surface area contributed by atoms with Gasteiger partial charge in [-0.2, -0.15) is 0 Å². The van der Waals surface area contributed by atoms with E-state index in [9.17, 15) is 14.7 Å². The van der Waals surface area contributed by atoms with Crippen molar-refractivity contribution in [3.05, 3.63) is 12.2 Å². The summed E-state index contributed by atoms with van der Waals surface area (Å²) in [5, 5.41) is 12.3. The number of carboxylic acids is 1. The molecule has 3 rings (SSSR count). The lowest BCUT2D eigenvalue weighted by molar-refractivity contribution is -0.146. The molecule has 2 aliphatic heterocycles. The van der Waals surface area contributed by atoms with E-state index in [2.05, 4.69) is 5.32 Å². The Balaban J connectivity index is 1.68. The summed E-state index contributed by atoms with van der Waals surface area (Å²) in [7, 11) is 0. The van der Waals surface area contributed by atoms with Crippen LogP contribution in [0.5, 0.6) is 0 Å². The van der Waals surface area contributed by atoms with E-state index < -0.39 is 23.9 Å². The van der Waals surface area contributed by atoms with Gasteiger partial charge in [0, 0.05) is 6.04 Å². The SMILES string of the molecule is O=C(O)[C@@H]1[C@@H](C(=O)NC2CCCCC2)[C@@H]2C=C[C@@H]1O2. The summed E-state index contributed by atoms with van der Waals surface area (Å²) in [5.74, 6) is -2.41. The van der Waals surface area contributed by atoms with Gasteiger partial charge in [-0.25, -0.2) is 0 Å². The molecule has 0 aromatic heterocycles. The van der Waals surface area contributed by atoms with E-state index in [0.29, 0.717) is 0 Å². The molecule has 1 aliphatic carbocycles. The van der Waals surface area contributed by atoms with Gasteiger partial charge in [-0.3, -0.25) is 9.59 Å². The summed E-state index contributed by atoms with van der Waals surface area (Å²) in [6.07, 6.45) is 8.27.